The molecular formula is C20H23Cl2FN4O. The van der Waals surface area contributed by atoms with Crippen LogP contribution >= 0.6 is 23.2 Å². The Morgan fingerprint density at radius 2 is 2.07 bits per heavy atom. The molecule has 3 N–H and O–H groups in total. The first-order valence-electron chi connectivity index (χ1n) is 8.94. The molecule has 2 unspecified atom stereocenters. The maximum absolute atomic E-state index is 13.9. The van der Waals surface area contributed by atoms with Crippen molar-refractivity contribution in [2.75, 3.05) is 32.6 Å². The van der Waals surface area contributed by atoms with Crippen molar-refractivity contribution in [3.63, 3.8) is 0 Å². The first-order valence-corrected chi connectivity index (χ1v) is 9.70. The van der Waals surface area contributed by atoms with Crippen LogP contribution in [0.4, 0.5) is 10.1 Å². The summed E-state index contributed by atoms with van der Waals surface area (Å²) >= 11 is 11.9. The topological polar surface area (TPSA) is 62.9 Å². The summed E-state index contributed by atoms with van der Waals surface area (Å²) in [6.45, 7) is 1.44. The number of ether oxygens (including phenoxy) is 1. The zero-order valence-corrected chi connectivity index (χ0v) is 17.3. The lowest BCUT2D eigenvalue weighted by Crippen LogP contribution is -2.26. The van der Waals surface area contributed by atoms with E-state index >= 15 is 0 Å². The first-order chi connectivity index (χ1) is 13.4. The monoisotopic (exact) mass is 424 g/mol. The van der Waals surface area contributed by atoms with E-state index < -0.39 is 5.82 Å². The van der Waals surface area contributed by atoms with E-state index in [2.05, 4.69) is 15.2 Å². The molecule has 0 amide bonds. The van der Waals surface area contributed by atoms with Gasteiger partial charge in [0.2, 0.25) is 0 Å². The molecule has 28 heavy (non-hydrogen) atoms. The van der Waals surface area contributed by atoms with E-state index in [4.69, 9.17) is 33.7 Å². The number of aliphatic imine (C=N–C) groups is 1. The quantitative estimate of drug-likeness (QED) is 0.545. The van der Waals surface area contributed by atoms with Crippen molar-refractivity contribution in [1.82, 2.24) is 4.90 Å². The molecule has 2 aromatic carbocycles. The van der Waals surface area contributed by atoms with Crippen molar-refractivity contribution in [2.45, 2.75) is 12.5 Å². The van der Waals surface area contributed by atoms with Gasteiger partial charge in [0.1, 0.15) is 11.6 Å². The van der Waals surface area contributed by atoms with Crippen LogP contribution in [0.15, 0.2) is 41.4 Å². The second-order valence-corrected chi connectivity index (χ2v) is 7.66. The second kappa shape index (κ2) is 8.99. The van der Waals surface area contributed by atoms with Crippen molar-refractivity contribution >= 4 is 34.8 Å². The molecule has 0 bridgehead atoms. The Kier molecular flexibility index (Phi) is 6.65. The van der Waals surface area contributed by atoms with Crippen LogP contribution < -0.4 is 15.8 Å². The predicted molar refractivity (Wildman–Crippen MR) is 113 cm³/mol. The fourth-order valence-electron chi connectivity index (χ4n) is 3.59. The van der Waals surface area contributed by atoms with Gasteiger partial charge in [-0.25, -0.2) is 4.39 Å². The highest BCUT2D eigenvalue weighted by molar-refractivity contribution is 6.32. The minimum absolute atomic E-state index is 0.0683. The molecule has 2 aromatic rings. The first kappa shape index (κ1) is 20.7. The summed E-state index contributed by atoms with van der Waals surface area (Å²) in [7, 11) is 3.59. The van der Waals surface area contributed by atoms with Gasteiger partial charge in [0.05, 0.1) is 17.2 Å². The number of methoxy groups -OCH3 is 1. The Bertz CT molecular complexity index is 877. The summed E-state index contributed by atoms with van der Waals surface area (Å²) < 4.78 is 19.0. The summed E-state index contributed by atoms with van der Waals surface area (Å²) in [6, 6.07) is 10.3. The zero-order chi connectivity index (χ0) is 20.3. The fraction of sp³-hybridized carbons (Fsp3) is 0.350. The van der Waals surface area contributed by atoms with E-state index in [1.54, 1.807) is 25.3 Å². The van der Waals surface area contributed by atoms with Crippen molar-refractivity contribution < 1.29 is 9.13 Å². The lowest BCUT2D eigenvalue weighted by molar-refractivity contribution is 0.279. The molecule has 1 fully saturated rings. The predicted octanol–water partition coefficient (Wildman–Crippen LogP) is 4.56. The third-order valence-electron chi connectivity index (χ3n) is 4.98. The number of hydrogen-bond donors (Lipinski definition) is 2. The molecule has 0 aromatic heterocycles. The fourth-order valence-corrected chi connectivity index (χ4v) is 3.96. The van der Waals surface area contributed by atoms with Crippen molar-refractivity contribution in [3.8, 4) is 5.75 Å². The van der Waals surface area contributed by atoms with Gasteiger partial charge in [0.15, 0.2) is 5.96 Å². The number of rotatable bonds is 5. The van der Waals surface area contributed by atoms with Crippen molar-refractivity contribution in [3.05, 3.63) is 57.8 Å². The molecule has 0 saturated carbocycles. The highest BCUT2D eigenvalue weighted by Gasteiger charge is 2.33. The zero-order valence-electron chi connectivity index (χ0n) is 15.8. The summed E-state index contributed by atoms with van der Waals surface area (Å²) in [5, 5.41) is 3.66. The minimum atomic E-state index is -0.403. The number of nitrogens with one attached hydrogen (secondary N) is 1. The molecule has 1 aliphatic rings. The van der Waals surface area contributed by atoms with Crippen LogP contribution in [0.1, 0.15) is 18.0 Å². The van der Waals surface area contributed by atoms with E-state index in [9.17, 15) is 4.39 Å². The number of nitrogens with two attached hydrogens (primary N) is 1. The highest BCUT2D eigenvalue weighted by Crippen LogP contribution is 2.37. The van der Waals surface area contributed by atoms with Crippen LogP contribution in [0.25, 0.3) is 0 Å². The lowest BCUT2D eigenvalue weighted by atomic mass is 9.94. The van der Waals surface area contributed by atoms with Gasteiger partial charge in [-0.05, 0) is 61.8 Å². The Hall–Kier alpha value is -2.02. The number of guanidine groups is 1. The van der Waals surface area contributed by atoms with Crippen LogP contribution in [0.2, 0.25) is 10.0 Å². The van der Waals surface area contributed by atoms with E-state index in [1.165, 1.54) is 6.07 Å². The van der Waals surface area contributed by atoms with E-state index in [-0.39, 0.29) is 17.0 Å². The van der Waals surface area contributed by atoms with Gasteiger partial charge in [-0.1, -0.05) is 29.3 Å². The maximum Gasteiger partial charge on any atom is 0.193 e. The molecule has 0 radical (unpaired) electrons. The van der Waals surface area contributed by atoms with Gasteiger partial charge in [-0.2, -0.15) is 0 Å². The molecule has 1 saturated heterocycles. The number of hydrogen-bond acceptors (Lipinski definition) is 3. The molecule has 150 valence electrons. The maximum atomic E-state index is 13.9. The standard InChI is InChI=1S/C20H23Cl2FN4O/c1-27-8-7-13(19(27)12-3-5-15(21)17(23)9-12)11-25-20(24)26-14-4-6-18(28-2)16(22)10-14/h3-6,9-10,13,19H,7-8,11H2,1-2H3,(H3,24,25,26). The minimum Gasteiger partial charge on any atom is -0.495 e. The van der Waals surface area contributed by atoms with Gasteiger partial charge >= 0.3 is 0 Å². The number of nitrogens with zero attached hydrogens (tertiary/aromatic N) is 2. The number of halogens is 3. The lowest BCUT2D eigenvalue weighted by Gasteiger charge is -2.25. The average Bonchev–Trinajstić information content (AvgIpc) is 3.03. The summed E-state index contributed by atoms with van der Waals surface area (Å²) in [6.07, 6.45) is 0.955. The molecule has 1 aliphatic heterocycles. The van der Waals surface area contributed by atoms with Crippen molar-refractivity contribution in [2.24, 2.45) is 16.6 Å². The summed E-state index contributed by atoms with van der Waals surface area (Å²) in [4.78, 5) is 6.69. The van der Waals surface area contributed by atoms with Crippen LogP contribution in [-0.4, -0.2) is 38.1 Å². The van der Waals surface area contributed by atoms with E-state index in [0.717, 1.165) is 24.2 Å². The number of anilines is 1. The average molecular weight is 425 g/mol. The van der Waals surface area contributed by atoms with E-state index in [1.807, 2.05) is 19.2 Å². The van der Waals surface area contributed by atoms with Gasteiger partial charge in [-0.15, -0.1) is 0 Å². The second-order valence-electron chi connectivity index (χ2n) is 6.85. The number of likely N-dealkylation sites (tertiary alicyclic amines) is 1. The van der Waals surface area contributed by atoms with Crippen LogP contribution in [0.3, 0.4) is 0 Å². The molecule has 0 aliphatic carbocycles. The van der Waals surface area contributed by atoms with Crippen LogP contribution in [-0.2, 0) is 0 Å². The molecular weight excluding hydrogens is 402 g/mol. The van der Waals surface area contributed by atoms with Crippen molar-refractivity contribution in [1.29, 1.82) is 0 Å². The SMILES string of the molecule is COc1ccc(NC(N)=NCC2CCN(C)C2c2ccc(Cl)c(F)c2)cc1Cl. The molecule has 3 rings (SSSR count). The third kappa shape index (κ3) is 4.69. The molecule has 8 heteroatoms. The summed E-state index contributed by atoms with van der Waals surface area (Å²) in [5.74, 6) is 0.719. The third-order valence-corrected chi connectivity index (χ3v) is 5.58. The van der Waals surface area contributed by atoms with Crippen LogP contribution in [0, 0.1) is 11.7 Å². The molecule has 2 atom stereocenters. The Balaban J connectivity index is 1.69. The Labute approximate surface area is 174 Å². The van der Waals surface area contributed by atoms with Gasteiger partial charge < -0.3 is 15.8 Å². The normalized spacial score (nSPS) is 20.4. The number of benzene rings is 2. The molecule has 0 spiro atoms. The molecule has 1 heterocycles. The van der Waals surface area contributed by atoms with Gasteiger partial charge in [0, 0.05) is 18.3 Å². The van der Waals surface area contributed by atoms with E-state index in [0.29, 0.717) is 23.3 Å². The van der Waals surface area contributed by atoms with Gasteiger partial charge in [-0.3, -0.25) is 9.89 Å². The Morgan fingerprint density at radius 1 is 1.29 bits per heavy atom. The molecule has 5 nitrogen and oxygen atoms in total. The Morgan fingerprint density at radius 3 is 2.75 bits per heavy atom. The smallest absolute Gasteiger partial charge is 0.193 e. The summed E-state index contributed by atoms with van der Waals surface area (Å²) in [5.41, 5.74) is 7.67. The van der Waals surface area contributed by atoms with Crippen LogP contribution in [0.5, 0.6) is 5.75 Å². The van der Waals surface area contributed by atoms with Gasteiger partial charge in [0.25, 0.3) is 0 Å². The highest BCUT2D eigenvalue weighted by atomic mass is 35.5. The largest absolute Gasteiger partial charge is 0.495 e.